The van der Waals surface area contributed by atoms with Crippen LogP contribution in [0, 0.1) is 25.2 Å². The zero-order valence-corrected chi connectivity index (χ0v) is 17.6. The Morgan fingerprint density at radius 3 is 2.53 bits per heavy atom. The van der Waals surface area contributed by atoms with E-state index in [9.17, 15) is 14.9 Å². The molecule has 0 fully saturated rings. The Hall–Kier alpha value is -3.79. The van der Waals surface area contributed by atoms with Crippen molar-refractivity contribution in [3.05, 3.63) is 65.5 Å². The second-order valence-electron chi connectivity index (χ2n) is 6.61. The fraction of sp³-hybridized carbons (Fsp3) is 0.261. The number of ether oxygens (including phenoxy) is 2. The molecule has 156 valence electrons. The van der Waals surface area contributed by atoms with Crippen LogP contribution in [-0.4, -0.2) is 36.2 Å². The van der Waals surface area contributed by atoms with Crippen molar-refractivity contribution >= 4 is 18.0 Å². The quantitative estimate of drug-likeness (QED) is 0.314. The van der Waals surface area contributed by atoms with Crippen LogP contribution in [0.15, 0.2) is 48.6 Å². The number of nitriles is 1. The number of carbonyl (C=O) groups is 2. The van der Waals surface area contributed by atoms with Gasteiger partial charge in [0.05, 0.1) is 7.11 Å². The standard InChI is InChI=1S/C23H25N3O4/c1-6-11-25-22(27)17(4)30-23(28)19(14-24)13-18-12-15(2)26(16(18)3)20-7-9-21(29-5)10-8-20/h6-10,12-13,17H,1,11H2,2-5H3,(H,25,27)/b19-13+/t17-/m1/s1. The average molecular weight is 407 g/mol. The molecular formula is C23H25N3O4. The summed E-state index contributed by atoms with van der Waals surface area (Å²) in [4.78, 5) is 24.2. The molecule has 1 aromatic heterocycles. The number of benzene rings is 1. The third-order valence-electron chi connectivity index (χ3n) is 4.51. The summed E-state index contributed by atoms with van der Waals surface area (Å²) in [5.74, 6) is -0.562. The molecule has 0 bridgehead atoms. The van der Waals surface area contributed by atoms with Gasteiger partial charge in [0.25, 0.3) is 5.91 Å². The maximum Gasteiger partial charge on any atom is 0.349 e. The number of amides is 1. The summed E-state index contributed by atoms with van der Waals surface area (Å²) in [7, 11) is 1.61. The lowest BCUT2D eigenvalue weighted by Gasteiger charge is -2.12. The van der Waals surface area contributed by atoms with Gasteiger partial charge in [-0.05, 0) is 62.7 Å². The van der Waals surface area contributed by atoms with Crippen molar-refractivity contribution in [3.63, 3.8) is 0 Å². The number of nitrogens with one attached hydrogen (secondary N) is 1. The third kappa shape index (κ3) is 5.17. The number of aromatic nitrogens is 1. The molecule has 2 rings (SSSR count). The number of esters is 1. The average Bonchev–Trinajstić information content (AvgIpc) is 3.02. The molecule has 7 heteroatoms. The number of hydrogen-bond donors (Lipinski definition) is 1. The molecule has 0 aliphatic carbocycles. The summed E-state index contributed by atoms with van der Waals surface area (Å²) in [6.07, 6.45) is 1.96. The van der Waals surface area contributed by atoms with Gasteiger partial charge in [-0.1, -0.05) is 6.08 Å². The molecule has 0 saturated carbocycles. The van der Waals surface area contributed by atoms with Crippen molar-refractivity contribution in [1.82, 2.24) is 9.88 Å². The maximum absolute atomic E-state index is 12.4. The molecule has 0 spiro atoms. The van der Waals surface area contributed by atoms with Crippen molar-refractivity contribution in [2.24, 2.45) is 0 Å². The molecule has 0 aliphatic rings. The molecule has 7 nitrogen and oxygen atoms in total. The van der Waals surface area contributed by atoms with Gasteiger partial charge in [0.15, 0.2) is 6.10 Å². The van der Waals surface area contributed by atoms with Crippen molar-refractivity contribution in [3.8, 4) is 17.5 Å². The fourth-order valence-electron chi connectivity index (χ4n) is 2.95. The van der Waals surface area contributed by atoms with Crippen LogP contribution in [-0.2, 0) is 14.3 Å². The third-order valence-corrected chi connectivity index (χ3v) is 4.51. The monoisotopic (exact) mass is 407 g/mol. The van der Waals surface area contributed by atoms with Crippen LogP contribution in [0.4, 0.5) is 0 Å². The lowest BCUT2D eigenvalue weighted by molar-refractivity contribution is -0.150. The van der Waals surface area contributed by atoms with E-state index in [0.717, 1.165) is 22.8 Å². The highest BCUT2D eigenvalue weighted by molar-refractivity contribution is 5.99. The molecule has 1 N–H and O–H groups in total. The molecule has 0 radical (unpaired) electrons. The zero-order chi connectivity index (χ0) is 22.3. The Morgan fingerprint density at radius 1 is 1.30 bits per heavy atom. The second kappa shape index (κ2) is 10.1. The van der Waals surface area contributed by atoms with Crippen LogP contribution in [0.2, 0.25) is 0 Å². The smallest absolute Gasteiger partial charge is 0.349 e. The van der Waals surface area contributed by atoms with Gasteiger partial charge in [-0.3, -0.25) is 4.79 Å². The minimum absolute atomic E-state index is 0.187. The van der Waals surface area contributed by atoms with Gasteiger partial charge >= 0.3 is 5.97 Å². The van der Waals surface area contributed by atoms with Gasteiger partial charge < -0.3 is 19.4 Å². The highest BCUT2D eigenvalue weighted by atomic mass is 16.5. The van der Waals surface area contributed by atoms with Crippen LogP contribution in [0.25, 0.3) is 11.8 Å². The highest BCUT2D eigenvalue weighted by Gasteiger charge is 2.21. The first-order valence-electron chi connectivity index (χ1n) is 9.37. The fourth-order valence-corrected chi connectivity index (χ4v) is 2.95. The Bertz CT molecular complexity index is 1010. The molecular weight excluding hydrogens is 382 g/mol. The number of carbonyl (C=O) groups excluding carboxylic acids is 2. The topological polar surface area (TPSA) is 93.4 Å². The van der Waals surface area contributed by atoms with E-state index >= 15 is 0 Å². The molecule has 2 aromatic rings. The Labute approximate surface area is 176 Å². The molecule has 0 saturated heterocycles. The normalized spacial score (nSPS) is 11.9. The van der Waals surface area contributed by atoms with Crippen LogP contribution >= 0.6 is 0 Å². The minimum atomic E-state index is -1.03. The molecule has 0 aliphatic heterocycles. The summed E-state index contributed by atoms with van der Waals surface area (Å²) in [5.41, 5.74) is 3.25. The first-order valence-corrected chi connectivity index (χ1v) is 9.37. The number of nitrogens with zero attached hydrogens (tertiary/aromatic N) is 2. The number of rotatable bonds is 8. The highest BCUT2D eigenvalue weighted by Crippen LogP contribution is 2.24. The summed E-state index contributed by atoms with van der Waals surface area (Å²) in [5, 5.41) is 12.0. The predicted molar refractivity (Wildman–Crippen MR) is 114 cm³/mol. The van der Waals surface area contributed by atoms with Crippen LogP contribution < -0.4 is 10.1 Å². The van der Waals surface area contributed by atoms with E-state index in [2.05, 4.69) is 11.9 Å². The van der Waals surface area contributed by atoms with Crippen LogP contribution in [0.1, 0.15) is 23.9 Å². The molecule has 1 amide bonds. The number of methoxy groups -OCH3 is 1. The van der Waals surface area contributed by atoms with E-state index in [0.29, 0.717) is 5.56 Å². The maximum atomic E-state index is 12.4. The van der Waals surface area contributed by atoms with E-state index in [1.54, 1.807) is 7.11 Å². The van der Waals surface area contributed by atoms with Crippen molar-refractivity contribution in [2.75, 3.05) is 13.7 Å². The SMILES string of the molecule is C=CCNC(=O)[C@@H](C)OC(=O)/C(C#N)=C/c1cc(C)n(-c2ccc(OC)cc2)c1C. The predicted octanol–water partition coefficient (Wildman–Crippen LogP) is 3.24. The number of hydrogen-bond acceptors (Lipinski definition) is 5. The Balaban J connectivity index is 2.27. The Morgan fingerprint density at radius 2 is 1.97 bits per heavy atom. The van der Waals surface area contributed by atoms with E-state index < -0.39 is 18.0 Å². The van der Waals surface area contributed by atoms with Crippen molar-refractivity contribution in [2.45, 2.75) is 26.9 Å². The molecule has 1 aromatic carbocycles. The van der Waals surface area contributed by atoms with Crippen LogP contribution in [0.3, 0.4) is 0 Å². The second-order valence-corrected chi connectivity index (χ2v) is 6.61. The minimum Gasteiger partial charge on any atom is -0.497 e. The summed E-state index contributed by atoms with van der Waals surface area (Å²) in [6.45, 7) is 9.05. The zero-order valence-electron chi connectivity index (χ0n) is 17.6. The summed E-state index contributed by atoms with van der Waals surface area (Å²) >= 11 is 0. The first kappa shape index (κ1) is 22.5. The van der Waals surface area contributed by atoms with Gasteiger partial charge in [-0.25, -0.2) is 4.79 Å². The van der Waals surface area contributed by atoms with Gasteiger partial charge in [0, 0.05) is 23.6 Å². The van der Waals surface area contributed by atoms with E-state index in [-0.39, 0.29) is 12.1 Å². The summed E-state index contributed by atoms with van der Waals surface area (Å²) in [6, 6.07) is 11.3. The molecule has 30 heavy (non-hydrogen) atoms. The molecule has 1 heterocycles. The molecule has 0 unspecified atom stereocenters. The van der Waals surface area contributed by atoms with Gasteiger partial charge in [-0.15, -0.1) is 6.58 Å². The molecule has 1 atom stereocenters. The van der Waals surface area contributed by atoms with Gasteiger partial charge in [0.1, 0.15) is 17.4 Å². The van der Waals surface area contributed by atoms with Crippen molar-refractivity contribution < 1.29 is 19.1 Å². The first-order chi connectivity index (χ1) is 14.3. The lowest BCUT2D eigenvalue weighted by atomic mass is 10.1. The van der Waals surface area contributed by atoms with Crippen LogP contribution in [0.5, 0.6) is 5.75 Å². The Kier molecular flexibility index (Phi) is 7.59. The van der Waals surface area contributed by atoms with Crippen molar-refractivity contribution in [1.29, 1.82) is 5.26 Å². The van der Waals surface area contributed by atoms with Gasteiger partial charge in [0.2, 0.25) is 0 Å². The van der Waals surface area contributed by atoms with E-state index in [1.165, 1.54) is 19.1 Å². The van der Waals surface area contributed by atoms with E-state index in [4.69, 9.17) is 9.47 Å². The van der Waals surface area contributed by atoms with E-state index in [1.807, 2.05) is 54.8 Å². The van der Waals surface area contributed by atoms with Gasteiger partial charge in [-0.2, -0.15) is 5.26 Å². The lowest BCUT2D eigenvalue weighted by Crippen LogP contribution is -2.36. The largest absolute Gasteiger partial charge is 0.497 e. The number of aryl methyl sites for hydroxylation is 1. The summed E-state index contributed by atoms with van der Waals surface area (Å²) < 4.78 is 12.3.